The van der Waals surface area contributed by atoms with Gasteiger partial charge in [0.25, 0.3) is 0 Å². The first kappa shape index (κ1) is 19.5. The van der Waals surface area contributed by atoms with Crippen molar-refractivity contribution in [1.82, 2.24) is 9.99 Å². The van der Waals surface area contributed by atoms with Gasteiger partial charge in [-0.1, -0.05) is 59.6 Å². The van der Waals surface area contributed by atoms with Crippen LogP contribution >= 0.6 is 23.2 Å². The predicted octanol–water partition coefficient (Wildman–Crippen LogP) is 6.26. The Morgan fingerprint density at radius 2 is 1.66 bits per heavy atom. The smallest absolute Gasteiger partial charge is 0.123 e. The summed E-state index contributed by atoms with van der Waals surface area (Å²) in [5, 5.41) is 6.65. The van der Waals surface area contributed by atoms with Gasteiger partial charge in [0.15, 0.2) is 0 Å². The fourth-order valence-electron chi connectivity index (χ4n) is 3.24. The van der Waals surface area contributed by atoms with E-state index in [-0.39, 0.29) is 5.82 Å². The Kier molecular flexibility index (Phi) is 5.84. The fraction of sp³-hybridized carbons (Fsp3) is 0.0870. The van der Waals surface area contributed by atoms with Crippen molar-refractivity contribution < 1.29 is 4.39 Å². The highest BCUT2D eigenvalue weighted by atomic mass is 35.5. The molecule has 1 heterocycles. The first-order valence-electron chi connectivity index (χ1n) is 9.13. The molecule has 4 aromatic rings. The van der Waals surface area contributed by atoms with E-state index < -0.39 is 0 Å². The highest BCUT2D eigenvalue weighted by Crippen LogP contribution is 2.24. The molecule has 0 bridgehead atoms. The van der Waals surface area contributed by atoms with Crippen molar-refractivity contribution in [2.24, 2.45) is 5.10 Å². The molecule has 0 aliphatic heterocycles. The number of aromatic nitrogens is 1. The van der Waals surface area contributed by atoms with Crippen LogP contribution in [-0.2, 0) is 13.1 Å². The minimum Gasteiger partial charge on any atom is -0.342 e. The van der Waals surface area contributed by atoms with E-state index in [0.29, 0.717) is 23.1 Å². The lowest BCUT2D eigenvalue weighted by molar-refractivity contribution is 0.626. The fourth-order valence-corrected chi connectivity index (χ4v) is 3.77. The number of hydrazone groups is 1. The number of hydrogen-bond donors (Lipinski definition) is 1. The van der Waals surface area contributed by atoms with Gasteiger partial charge in [-0.05, 0) is 35.9 Å². The minimum absolute atomic E-state index is 0.233. The Balaban J connectivity index is 1.54. The van der Waals surface area contributed by atoms with Crippen LogP contribution in [0, 0.1) is 5.82 Å². The lowest BCUT2D eigenvalue weighted by Crippen LogP contribution is -2.06. The summed E-state index contributed by atoms with van der Waals surface area (Å²) < 4.78 is 15.3. The van der Waals surface area contributed by atoms with Crippen molar-refractivity contribution in [3.63, 3.8) is 0 Å². The third-order valence-electron chi connectivity index (χ3n) is 4.70. The normalized spacial score (nSPS) is 11.4. The SMILES string of the molecule is Fc1ccc(Cn2cc(/C=N/NCc3c(Cl)cccc3Cl)c3ccccc32)cc1. The van der Waals surface area contributed by atoms with Crippen LogP contribution in [0.1, 0.15) is 16.7 Å². The van der Waals surface area contributed by atoms with Gasteiger partial charge in [0, 0.05) is 44.8 Å². The van der Waals surface area contributed by atoms with Crippen molar-refractivity contribution in [2.45, 2.75) is 13.1 Å². The quantitative estimate of drug-likeness (QED) is 0.286. The predicted molar refractivity (Wildman–Crippen MR) is 118 cm³/mol. The Labute approximate surface area is 178 Å². The molecular weight excluding hydrogens is 408 g/mol. The summed E-state index contributed by atoms with van der Waals surface area (Å²) in [4.78, 5) is 0. The minimum atomic E-state index is -0.233. The number of rotatable bonds is 6. The van der Waals surface area contributed by atoms with E-state index in [1.165, 1.54) is 12.1 Å². The molecule has 0 unspecified atom stereocenters. The Hall–Kier alpha value is -2.82. The van der Waals surface area contributed by atoms with Crippen LogP contribution in [0.15, 0.2) is 78.0 Å². The lowest BCUT2D eigenvalue weighted by Gasteiger charge is -2.05. The molecule has 0 saturated carbocycles. The van der Waals surface area contributed by atoms with Gasteiger partial charge in [-0.2, -0.15) is 5.10 Å². The van der Waals surface area contributed by atoms with Gasteiger partial charge in [-0.3, -0.25) is 0 Å². The second-order valence-electron chi connectivity index (χ2n) is 6.65. The zero-order valence-corrected chi connectivity index (χ0v) is 17.0. The van der Waals surface area contributed by atoms with E-state index in [1.807, 2.05) is 24.4 Å². The number of nitrogens with one attached hydrogen (secondary N) is 1. The lowest BCUT2D eigenvalue weighted by atomic mass is 10.2. The molecule has 3 aromatic carbocycles. The van der Waals surface area contributed by atoms with Gasteiger partial charge >= 0.3 is 0 Å². The molecule has 0 atom stereocenters. The van der Waals surface area contributed by atoms with E-state index in [2.05, 4.69) is 27.2 Å². The molecule has 0 saturated heterocycles. The zero-order valence-electron chi connectivity index (χ0n) is 15.4. The summed E-state index contributed by atoms with van der Waals surface area (Å²) in [5.74, 6) is -0.233. The first-order chi connectivity index (χ1) is 14.1. The average Bonchev–Trinajstić information content (AvgIpc) is 3.06. The highest BCUT2D eigenvalue weighted by molar-refractivity contribution is 6.35. The van der Waals surface area contributed by atoms with E-state index >= 15 is 0 Å². The van der Waals surface area contributed by atoms with Crippen LogP contribution < -0.4 is 5.43 Å². The summed E-state index contributed by atoms with van der Waals surface area (Å²) in [6.07, 6.45) is 3.83. The number of hydrogen-bond acceptors (Lipinski definition) is 2. The number of nitrogens with zero attached hydrogens (tertiary/aromatic N) is 2. The molecule has 3 nitrogen and oxygen atoms in total. The van der Waals surface area contributed by atoms with E-state index in [1.54, 1.807) is 30.5 Å². The molecule has 0 aliphatic carbocycles. The molecule has 1 N–H and O–H groups in total. The molecule has 0 spiro atoms. The number of para-hydroxylation sites is 1. The third kappa shape index (κ3) is 4.44. The third-order valence-corrected chi connectivity index (χ3v) is 5.41. The monoisotopic (exact) mass is 425 g/mol. The molecule has 6 heteroatoms. The molecule has 0 radical (unpaired) electrons. The van der Waals surface area contributed by atoms with Crippen molar-refractivity contribution in [2.75, 3.05) is 0 Å². The van der Waals surface area contributed by atoms with Crippen LogP contribution in [0.25, 0.3) is 10.9 Å². The maximum Gasteiger partial charge on any atom is 0.123 e. The van der Waals surface area contributed by atoms with Crippen molar-refractivity contribution in [3.8, 4) is 0 Å². The highest BCUT2D eigenvalue weighted by Gasteiger charge is 2.08. The largest absolute Gasteiger partial charge is 0.342 e. The molecule has 146 valence electrons. The average molecular weight is 426 g/mol. The zero-order chi connectivity index (χ0) is 20.2. The second kappa shape index (κ2) is 8.68. The maximum atomic E-state index is 13.2. The molecular formula is C23H18Cl2FN3. The van der Waals surface area contributed by atoms with Gasteiger partial charge < -0.3 is 9.99 Å². The number of fused-ring (bicyclic) bond motifs is 1. The van der Waals surface area contributed by atoms with Gasteiger partial charge in [0.05, 0.1) is 12.8 Å². The van der Waals surface area contributed by atoms with Crippen LogP contribution in [0.4, 0.5) is 4.39 Å². The molecule has 0 amide bonds. The molecule has 1 aromatic heterocycles. The Bertz CT molecular complexity index is 1150. The molecule has 0 fully saturated rings. The summed E-state index contributed by atoms with van der Waals surface area (Å²) >= 11 is 12.4. The van der Waals surface area contributed by atoms with Gasteiger partial charge in [-0.15, -0.1) is 0 Å². The van der Waals surface area contributed by atoms with Crippen LogP contribution in [0.5, 0.6) is 0 Å². The van der Waals surface area contributed by atoms with Crippen molar-refractivity contribution >= 4 is 40.3 Å². The van der Waals surface area contributed by atoms with Gasteiger partial charge in [0.2, 0.25) is 0 Å². The standard InChI is InChI=1S/C23H18Cl2FN3/c24-21-5-3-6-22(25)20(21)13-28-27-12-17-15-29(23-7-2-1-4-19(17)23)14-16-8-10-18(26)11-9-16/h1-12,15,28H,13-14H2/b27-12+. The van der Waals surface area contributed by atoms with Crippen molar-refractivity contribution in [3.05, 3.63) is 105 Å². The molecule has 0 aliphatic rings. The Morgan fingerprint density at radius 3 is 2.41 bits per heavy atom. The number of halogens is 3. The van der Waals surface area contributed by atoms with Gasteiger partial charge in [0.1, 0.15) is 5.82 Å². The van der Waals surface area contributed by atoms with Crippen LogP contribution in [0.3, 0.4) is 0 Å². The summed E-state index contributed by atoms with van der Waals surface area (Å²) in [7, 11) is 0. The summed E-state index contributed by atoms with van der Waals surface area (Å²) in [5.41, 5.74) is 6.93. The topological polar surface area (TPSA) is 29.3 Å². The molecule has 29 heavy (non-hydrogen) atoms. The Morgan fingerprint density at radius 1 is 0.931 bits per heavy atom. The van der Waals surface area contributed by atoms with Crippen molar-refractivity contribution in [1.29, 1.82) is 0 Å². The molecule has 4 rings (SSSR count). The first-order valence-corrected chi connectivity index (χ1v) is 9.88. The van der Waals surface area contributed by atoms with E-state index in [4.69, 9.17) is 23.2 Å². The van der Waals surface area contributed by atoms with Crippen LogP contribution in [-0.4, -0.2) is 10.8 Å². The summed E-state index contributed by atoms with van der Waals surface area (Å²) in [6.45, 7) is 1.08. The van der Waals surface area contributed by atoms with E-state index in [0.717, 1.165) is 27.6 Å². The number of benzene rings is 3. The maximum absolute atomic E-state index is 13.2. The second-order valence-corrected chi connectivity index (χ2v) is 7.46. The van der Waals surface area contributed by atoms with E-state index in [9.17, 15) is 4.39 Å². The van der Waals surface area contributed by atoms with Gasteiger partial charge in [-0.25, -0.2) is 4.39 Å². The summed E-state index contributed by atoms with van der Waals surface area (Å²) in [6, 6.07) is 20.1. The van der Waals surface area contributed by atoms with Crippen LogP contribution in [0.2, 0.25) is 10.0 Å².